The Kier molecular flexibility index (Phi) is 6.78. The van der Waals surface area contributed by atoms with Crippen molar-refractivity contribution in [1.82, 2.24) is 0 Å². The highest BCUT2D eigenvalue weighted by Crippen LogP contribution is 2.64. The summed E-state index contributed by atoms with van der Waals surface area (Å²) in [4.78, 5) is 39.4. The third-order valence-corrected chi connectivity index (χ3v) is 11.4. The van der Waals surface area contributed by atoms with Crippen molar-refractivity contribution in [3.63, 3.8) is 0 Å². The average molecular weight is 613 g/mol. The number of carbonyl (C=O) groups is 3. The Morgan fingerprint density at radius 1 is 0.814 bits per heavy atom. The molecule has 6 aliphatic rings. The average Bonchev–Trinajstić information content (AvgIpc) is 3.33. The highest BCUT2D eigenvalue weighted by Gasteiger charge is 2.68. The summed E-state index contributed by atoms with van der Waals surface area (Å²) in [7, 11) is -4.37. The van der Waals surface area contributed by atoms with E-state index in [-0.39, 0.29) is 22.8 Å². The minimum Gasteiger partial charge on any atom is -0.453 e. The van der Waals surface area contributed by atoms with Crippen molar-refractivity contribution in [2.24, 2.45) is 16.7 Å². The molecule has 0 radical (unpaired) electrons. The number of hydrogen-bond donors (Lipinski definition) is 0. The predicted molar refractivity (Wildman–Crippen MR) is 147 cm³/mol. The van der Waals surface area contributed by atoms with E-state index in [0.29, 0.717) is 12.8 Å². The molecule has 0 aromatic heterocycles. The quantitative estimate of drug-likeness (QED) is 0.321. The van der Waals surface area contributed by atoms with Crippen LogP contribution in [0.4, 0.5) is 0 Å². The van der Waals surface area contributed by atoms with Gasteiger partial charge in [0.05, 0.1) is 22.3 Å². The van der Waals surface area contributed by atoms with Crippen LogP contribution in [0.1, 0.15) is 53.8 Å². The first-order valence-electron chi connectivity index (χ1n) is 14.4. The van der Waals surface area contributed by atoms with Crippen molar-refractivity contribution < 1.29 is 50.7 Å². The Hall–Kier alpha value is -3.16. The molecule has 0 amide bonds. The van der Waals surface area contributed by atoms with Crippen LogP contribution in [0.25, 0.3) is 0 Å². The number of rotatable bonds is 8. The zero-order chi connectivity index (χ0) is 30.1. The molecule has 228 valence electrons. The molecule has 3 saturated carbocycles. The van der Waals surface area contributed by atoms with E-state index in [1.165, 1.54) is 0 Å². The molecule has 11 nitrogen and oxygen atoms in total. The zero-order valence-electron chi connectivity index (χ0n) is 23.6. The van der Waals surface area contributed by atoms with Crippen molar-refractivity contribution in [2.75, 3.05) is 5.75 Å². The van der Waals surface area contributed by atoms with E-state index < -0.39 is 81.7 Å². The lowest BCUT2D eigenvalue weighted by atomic mass is 9.70. The second kappa shape index (κ2) is 10.2. The molecule has 0 spiro atoms. The maximum absolute atomic E-state index is 13.8. The molecule has 8 rings (SSSR count). The van der Waals surface area contributed by atoms with Crippen LogP contribution in [0.5, 0.6) is 0 Å². The van der Waals surface area contributed by atoms with Crippen molar-refractivity contribution in [3.05, 3.63) is 71.8 Å². The van der Waals surface area contributed by atoms with Gasteiger partial charge in [-0.1, -0.05) is 50.2 Å². The van der Waals surface area contributed by atoms with Gasteiger partial charge in [0.1, 0.15) is 30.2 Å². The molecule has 12 heteroatoms. The van der Waals surface area contributed by atoms with Crippen molar-refractivity contribution in [3.8, 4) is 0 Å². The maximum Gasteiger partial charge on any atom is 0.338 e. The summed E-state index contributed by atoms with van der Waals surface area (Å²) < 4.78 is 62.6. The van der Waals surface area contributed by atoms with Gasteiger partial charge < -0.3 is 23.7 Å². The number of ketones is 1. The first kappa shape index (κ1) is 28.6. The van der Waals surface area contributed by atoms with Gasteiger partial charge in [-0.2, -0.15) is 8.42 Å². The van der Waals surface area contributed by atoms with E-state index in [4.69, 9.17) is 27.9 Å². The SMILES string of the molecule is CC1(C)[C@@H]2CC[C@@]1(CS(=O)(=O)OC1[C@H]3OC4OC([C@@H](OC(=O)c5ccccc5)[C@H]1O4)[C@@H]3OC(=O)c1ccccc1)C(=O)C2. The fraction of sp³-hybridized carbons (Fsp3) is 0.516. The van der Waals surface area contributed by atoms with E-state index in [1.54, 1.807) is 60.7 Å². The topological polar surface area (TPSA) is 141 Å². The fourth-order valence-electron chi connectivity index (χ4n) is 7.59. The highest BCUT2D eigenvalue weighted by molar-refractivity contribution is 7.86. The summed E-state index contributed by atoms with van der Waals surface area (Å²) in [6.07, 6.45) is -5.41. The first-order valence-corrected chi connectivity index (χ1v) is 16.0. The minimum absolute atomic E-state index is 0.0729. The van der Waals surface area contributed by atoms with Gasteiger partial charge in [0.15, 0.2) is 12.2 Å². The Balaban J connectivity index is 1.20. The van der Waals surface area contributed by atoms with E-state index in [2.05, 4.69) is 0 Å². The molecule has 6 fully saturated rings. The molecule has 3 heterocycles. The number of esters is 2. The van der Waals surface area contributed by atoms with Gasteiger partial charge in [-0.15, -0.1) is 0 Å². The van der Waals surface area contributed by atoms with Crippen LogP contribution in [0, 0.1) is 16.7 Å². The molecule has 2 aromatic carbocycles. The summed E-state index contributed by atoms with van der Waals surface area (Å²) in [5, 5.41) is 0. The van der Waals surface area contributed by atoms with Crippen molar-refractivity contribution in [1.29, 1.82) is 0 Å². The molecule has 3 saturated heterocycles. The van der Waals surface area contributed by atoms with E-state index >= 15 is 0 Å². The molecular formula is C31H32O11S. The summed E-state index contributed by atoms with van der Waals surface area (Å²) in [5.74, 6) is -1.85. The van der Waals surface area contributed by atoms with Gasteiger partial charge in [0.2, 0.25) is 0 Å². The Morgan fingerprint density at radius 3 is 1.74 bits per heavy atom. The molecule has 0 N–H and O–H groups in total. The largest absolute Gasteiger partial charge is 0.453 e. The lowest BCUT2D eigenvalue weighted by Gasteiger charge is -2.57. The van der Waals surface area contributed by atoms with Crippen molar-refractivity contribution in [2.45, 2.75) is 76.2 Å². The number of benzene rings is 2. The highest BCUT2D eigenvalue weighted by atomic mass is 32.2. The molecule has 3 aliphatic heterocycles. The van der Waals surface area contributed by atoms with E-state index in [9.17, 15) is 22.8 Å². The molecular weight excluding hydrogens is 580 g/mol. The predicted octanol–water partition coefficient (Wildman–Crippen LogP) is 3.03. The second-order valence-corrected chi connectivity index (χ2v) is 14.1. The number of carbonyl (C=O) groups excluding carboxylic acids is 3. The van der Waals surface area contributed by atoms with Gasteiger partial charge in [-0.3, -0.25) is 8.98 Å². The van der Waals surface area contributed by atoms with Gasteiger partial charge >= 0.3 is 11.9 Å². The fourth-order valence-corrected chi connectivity index (χ4v) is 9.50. The van der Waals surface area contributed by atoms with Gasteiger partial charge in [-0.05, 0) is 48.4 Å². The van der Waals surface area contributed by atoms with E-state index in [1.807, 2.05) is 13.8 Å². The molecule has 43 heavy (non-hydrogen) atoms. The smallest absolute Gasteiger partial charge is 0.338 e. The van der Waals surface area contributed by atoms with Crippen LogP contribution < -0.4 is 0 Å². The van der Waals surface area contributed by atoms with E-state index in [0.717, 1.165) is 6.42 Å². The molecule has 3 aliphatic carbocycles. The van der Waals surface area contributed by atoms with Crippen LogP contribution in [0.3, 0.4) is 0 Å². The summed E-state index contributed by atoms with van der Waals surface area (Å²) in [6.45, 7) is 2.68. The number of hydrogen-bond acceptors (Lipinski definition) is 11. The maximum atomic E-state index is 13.8. The summed E-state index contributed by atoms with van der Waals surface area (Å²) in [5.41, 5.74) is -1.06. The summed E-state index contributed by atoms with van der Waals surface area (Å²) in [6, 6.07) is 16.5. The second-order valence-electron chi connectivity index (χ2n) is 12.5. The van der Waals surface area contributed by atoms with Crippen molar-refractivity contribution >= 4 is 27.8 Å². The lowest BCUT2D eigenvalue weighted by Crippen LogP contribution is -2.76. The number of Topliss-reactive ketones (excluding diaryl/α,β-unsaturated/α-hetero) is 1. The van der Waals surface area contributed by atoms with Gasteiger partial charge in [-0.25, -0.2) is 9.59 Å². The number of ether oxygens (including phenoxy) is 5. The normalized spacial score (nSPS) is 36.9. The van der Waals surface area contributed by atoms with Crippen LogP contribution in [0.2, 0.25) is 0 Å². The van der Waals surface area contributed by atoms with Crippen LogP contribution >= 0.6 is 0 Å². The minimum atomic E-state index is -4.37. The lowest BCUT2D eigenvalue weighted by molar-refractivity contribution is -0.476. The molecule has 6 bridgehead atoms. The third kappa shape index (κ3) is 4.62. The molecule has 2 aromatic rings. The molecule has 3 unspecified atom stereocenters. The number of fused-ring (bicyclic) bond motifs is 2. The van der Waals surface area contributed by atoms with Crippen LogP contribution in [-0.2, 0) is 42.8 Å². The Bertz CT molecular complexity index is 1470. The zero-order valence-corrected chi connectivity index (χ0v) is 24.4. The monoisotopic (exact) mass is 612 g/mol. The third-order valence-electron chi connectivity index (χ3n) is 10.1. The Labute approximate surface area is 248 Å². The first-order chi connectivity index (χ1) is 20.5. The molecule has 9 atom stereocenters. The van der Waals surface area contributed by atoms with Crippen LogP contribution in [0.15, 0.2) is 60.7 Å². The van der Waals surface area contributed by atoms with Gasteiger partial charge in [0.25, 0.3) is 16.6 Å². The standard InChI is InChI=1S/C31H32O11S/c1-30(2)19-13-14-31(30,20(32)15-19)16-43(35,36)42-26-24-21(37-27(33)17-9-5-3-6-10-17)23-22(25(26)41-29(39-23)40-24)38-28(34)18-11-7-4-8-12-18/h3-12,19,21-26,29H,13-16H2,1-2H3/t19-,21-,22+,23?,24-,25+,26?,29?,31-/m1/s1. The summed E-state index contributed by atoms with van der Waals surface area (Å²) >= 11 is 0. The van der Waals surface area contributed by atoms with Gasteiger partial charge in [0, 0.05) is 6.42 Å². The van der Waals surface area contributed by atoms with Crippen LogP contribution in [-0.4, -0.2) is 75.0 Å². The Morgan fingerprint density at radius 2 is 1.30 bits per heavy atom.